The predicted molar refractivity (Wildman–Crippen MR) is 67.8 cm³/mol. The van der Waals surface area contributed by atoms with Crippen molar-refractivity contribution in [3.63, 3.8) is 0 Å². The molecule has 0 fully saturated rings. The van der Waals surface area contributed by atoms with Crippen LogP contribution in [0, 0.1) is 6.92 Å². The third-order valence-electron chi connectivity index (χ3n) is 2.94. The van der Waals surface area contributed by atoms with E-state index >= 15 is 0 Å². The van der Waals surface area contributed by atoms with Crippen LogP contribution in [0.5, 0.6) is 0 Å². The van der Waals surface area contributed by atoms with Crippen LogP contribution in [0.15, 0.2) is 42.6 Å². The molecular weight excluding hydrogens is 251 g/mol. The fourth-order valence-electron chi connectivity index (χ4n) is 1.77. The van der Waals surface area contributed by atoms with Crippen LogP contribution in [0.3, 0.4) is 0 Å². The van der Waals surface area contributed by atoms with E-state index in [1.165, 1.54) is 11.6 Å². The minimum absolute atomic E-state index is 0.640. The molecule has 1 nitrogen and oxygen atoms in total. The number of hydrogen-bond acceptors (Lipinski definition) is 1. The average molecular weight is 265 g/mol. The SMILES string of the molecule is Cc1ccc(CCc2ccc(C(F)(F)F)cn2)cc1. The summed E-state index contributed by atoms with van der Waals surface area (Å²) in [6.07, 6.45) is -2.01. The van der Waals surface area contributed by atoms with Gasteiger partial charge >= 0.3 is 6.18 Å². The monoisotopic (exact) mass is 265 g/mol. The number of aromatic nitrogens is 1. The number of nitrogens with zero attached hydrogens (tertiary/aromatic N) is 1. The number of benzene rings is 1. The first-order valence-electron chi connectivity index (χ1n) is 6.03. The second kappa shape index (κ2) is 5.43. The zero-order valence-corrected chi connectivity index (χ0v) is 10.5. The molecule has 0 radical (unpaired) electrons. The van der Waals surface area contributed by atoms with E-state index in [0.717, 1.165) is 24.2 Å². The number of hydrogen-bond donors (Lipinski definition) is 0. The van der Waals surface area contributed by atoms with Gasteiger partial charge in [-0.05, 0) is 37.5 Å². The minimum Gasteiger partial charge on any atom is -0.261 e. The lowest BCUT2D eigenvalue weighted by Gasteiger charge is -2.07. The normalized spacial score (nSPS) is 11.6. The van der Waals surface area contributed by atoms with Gasteiger partial charge in [0, 0.05) is 11.9 Å². The van der Waals surface area contributed by atoms with Crippen molar-refractivity contribution in [2.24, 2.45) is 0 Å². The van der Waals surface area contributed by atoms with E-state index in [0.29, 0.717) is 12.1 Å². The fourth-order valence-corrected chi connectivity index (χ4v) is 1.77. The highest BCUT2D eigenvalue weighted by atomic mass is 19.4. The van der Waals surface area contributed by atoms with Gasteiger partial charge in [0.15, 0.2) is 0 Å². The molecule has 0 spiro atoms. The van der Waals surface area contributed by atoms with E-state index in [-0.39, 0.29) is 0 Å². The summed E-state index contributed by atoms with van der Waals surface area (Å²) < 4.78 is 37.1. The van der Waals surface area contributed by atoms with Crippen molar-refractivity contribution >= 4 is 0 Å². The van der Waals surface area contributed by atoms with E-state index in [4.69, 9.17) is 0 Å². The molecule has 0 unspecified atom stereocenters. The predicted octanol–water partition coefficient (Wildman–Crippen LogP) is 4.19. The van der Waals surface area contributed by atoms with E-state index in [1.54, 1.807) is 0 Å². The number of rotatable bonds is 3. The molecule has 100 valence electrons. The van der Waals surface area contributed by atoms with Crippen molar-refractivity contribution in [1.82, 2.24) is 4.98 Å². The van der Waals surface area contributed by atoms with Crippen molar-refractivity contribution in [2.75, 3.05) is 0 Å². The highest BCUT2D eigenvalue weighted by Crippen LogP contribution is 2.28. The maximum Gasteiger partial charge on any atom is 0.417 e. The average Bonchev–Trinajstić information content (AvgIpc) is 2.37. The molecule has 0 aliphatic carbocycles. The summed E-state index contributed by atoms with van der Waals surface area (Å²) >= 11 is 0. The molecule has 19 heavy (non-hydrogen) atoms. The summed E-state index contributed by atoms with van der Waals surface area (Å²) in [5.41, 5.74) is 2.32. The van der Waals surface area contributed by atoms with E-state index in [1.807, 2.05) is 31.2 Å². The molecular formula is C15H14F3N. The largest absolute Gasteiger partial charge is 0.417 e. The van der Waals surface area contributed by atoms with Crippen molar-refractivity contribution in [2.45, 2.75) is 25.9 Å². The molecule has 0 aliphatic heterocycles. The molecule has 1 aromatic heterocycles. The molecule has 0 N–H and O–H groups in total. The maximum atomic E-state index is 12.4. The smallest absolute Gasteiger partial charge is 0.261 e. The Morgan fingerprint density at radius 2 is 1.63 bits per heavy atom. The third-order valence-corrected chi connectivity index (χ3v) is 2.94. The highest BCUT2D eigenvalue weighted by Gasteiger charge is 2.30. The number of aryl methyl sites for hydroxylation is 3. The number of alkyl halides is 3. The van der Waals surface area contributed by atoms with Crippen LogP contribution in [0.1, 0.15) is 22.4 Å². The molecule has 0 bridgehead atoms. The molecule has 2 aromatic rings. The quantitative estimate of drug-likeness (QED) is 0.810. The summed E-state index contributed by atoms with van der Waals surface area (Å²) in [7, 11) is 0. The Hall–Kier alpha value is -1.84. The summed E-state index contributed by atoms with van der Waals surface area (Å²) in [4.78, 5) is 3.86. The van der Waals surface area contributed by atoms with Crippen LogP contribution in [-0.2, 0) is 19.0 Å². The summed E-state index contributed by atoms with van der Waals surface area (Å²) in [6.45, 7) is 2.02. The molecule has 0 atom stereocenters. The molecule has 0 saturated heterocycles. The summed E-state index contributed by atoms with van der Waals surface area (Å²) in [5.74, 6) is 0. The fraction of sp³-hybridized carbons (Fsp3) is 0.267. The molecule has 0 aliphatic rings. The summed E-state index contributed by atoms with van der Waals surface area (Å²) in [6, 6.07) is 10.6. The second-order valence-corrected chi connectivity index (χ2v) is 4.52. The standard InChI is InChI=1S/C15H14F3N/c1-11-2-4-12(5-3-11)6-8-14-9-7-13(10-19-14)15(16,17)18/h2-5,7,9-10H,6,8H2,1H3. The third kappa shape index (κ3) is 3.81. The van der Waals surface area contributed by atoms with E-state index < -0.39 is 11.7 Å². The van der Waals surface area contributed by atoms with E-state index in [9.17, 15) is 13.2 Å². The van der Waals surface area contributed by atoms with Crippen LogP contribution in [0.2, 0.25) is 0 Å². The minimum atomic E-state index is -4.32. The highest BCUT2D eigenvalue weighted by molar-refractivity contribution is 5.23. The Morgan fingerprint density at radius 3 is 2.16 bits per heavy atom. The van der Waals surface area contributed by atoms with Gasteiger partial charge in [0.05, 0.1) is 5.56 Å². The Labute approximate surface area is 110 Å². The first kappa shape index (κ1) is 13.6. The van der Waals surface area contributed by atoms with Crippen molar-refractivity contribution < 1.29 is 13.2 Å². The van der Waals surface area contributed by atoms with Gasteiger partial charge in [-0.3, -0.25) is 4.98 Å². The van der Waals surface area contributed by atoms with Gasteiger partial charge in [0.2, 0.25) is 0 Å². The van der Waals surface area contributed by atoms with Crippen LogP contribution < -0.4 is 0 Å². The maximum absolute atomic E-state index is 12.4. The Balaban J connectivity index is 1.98. The molecule has 1 heterocycles. The Morgan fingerprint density at radius 1 is 0.947 bits per heavy atom. The molecule has 2 rings (SSSR count). The van der Waals surface area contributed by atoms with E-state index in [2.05, 4.69) is 4.98 Å². The summed E-state index contributed by atoms with van der Waals surface area (Å²) in [5, 5.41) is 0. The second-order valence-electron chi connectivity index (χ2n) is 4.52. The zero-order chi connectivity index (χ0) is 13.9. The van der Waals surface area contributed by atoms with Gasteiger partial charge in [-0.15, -0.1) is 0 Å². The Kier molecular flexibility index (Phi) is 3.88. The van der Waals surface area contributed by atoms with Crippen molar-refractivity contribution in [1.29, 1.82) is 0 Å². The van der Waals surface area contributed by atoms with Crippen LogP contribution >= 0.6 is 0 Å². The lowest BCUT2D eigenvalue weighted by molar-refractivity contribution is -0.137. The molecule has 4 heteroatoms. The molecule has 1 aromatic carbocycles. The van der Waals surface area contributed by atoms with Crippen molar-refractivity contribution in [3.05, 3.63) is 65.0 Å². The number of halogens is 3. The topological polar surface area (TPSA) is 12.9 Å². The van der Waals surface area contributed by atoms with Gasteiger partial charge in [-0.25, -0.2) is 0 Å². The first-order chi connectivity index (χ1) is 8.95. The van der Waals surface area contributed by atoms with Crippen LogP contribution in [0.4, 0.5) is 13.2 Å². The van der Waals surface area contributed by atoms with Gasteiger partial charge in [-0.1, -0.05) is 29.8 Å². The van der Waals surface area contributed by atoms with Crippen molar-refractivity contribution in [3.8, 4) is 0 Å². The van der Waals surface area contributed by atoms with Gasteiger partial charge in [-0.2, -0.15) is 13.2 Å². The van der Waals surface area contributed by atoms with Crippen LogP contribution in [0.25, 0.3) is 0 Å². The van der Waals surface area contributed by atoms with Gasteiger partial charge in [0.1, 0.15) is 0 Å². The zero-order valence-electron chi connectivity index (χ0n) is 10.5. The number of pyridine rings is 1. The molecule has 0 saturated carbocycles. The lowest BCUT2D eigenvalue weighted by atomic mass is 10.1. The first-order valence-corrected chi connectivity index (χ1v) is 6.03. The Bertz CT molecular complexity index is 527. The van der Waals surface area contributed by atoms with Crippen LogP contribution in [-0.4, -0.2) is 4.98 Å². The lowest BCUT2D eigenvalue weighted by Crippen LogP contribution is -2.06. The van der Waals surface area contributed by atoms with Gasteiger partial charge < -0.3 is 0 Å². The van der Waals surface area contributed by atoms with Gasteiger partial charge in [0.25, 0.3) is 0 Å². The molecule has 0 amide bonds.